The van der Waals surface area contributed by atoms with Gasteiger partial charge in [0.15, 0.2) is 0 Å². The van der Waals surface area contributed by atoms with Crippen LogP contribution in [-0.4, -0.2) is 45.9 Å². The monoisotopic (exact) mass is 523 g/mol. The molecule has 0 fully saturated rings. The fraction of sp³-hybridized carbons (Fsp3) is 0.133. The molecule has 0 atom stereocenters. The van der Waals surface area contributed by atoms with E-state index < -0.39 is 17.4 Å². The normalized spacial score (nSPS) is 11.0. The quantitative estimate of drug-likeness (QED) is 0.333. The van der Waals surface area contributed by atoms with Crippen molar-refractivity contribution in [1.82, 2.24) is 13.9 Å². The van der Waals surface area contributed by atoms with Gasteiger partial charge in [-0.3, -0.25) is 23.7 Å². The predicted octanol–water partition coefficient (Wildman–Crippen LogP) is 4.63. The molecule has 9 nitrogen and oxygen atoms in total. The van der Waals surface area contributed by atoms with Gasteiger partial charge in [-0.1, -0.05) is 18.2 Å². The highest BCUT2D eigenvalue weighted by Crippen LogP contribution is 2.32. The minimum absolute atomic E-state index is 0.148. The van der Waals surface area contributed by atoms with Gasteiger partial charge in [0.25, 0.3) is 17.4 Å². The van der Waals surface area contributed by atoms with Crippen LogP contribution in [0.1, 0.15) is 38.1 Å². The third-order valence-electron chi connectivity index (χ3n) is 6.66. The average molecular weight is 524 g/mol. The Kier molecular flexibility index (Phi) is 6.49. The van der Waals surface area contributed by atoms with Crippen molar-refractivity contribution in [3.63, 3.8) is 0 Å². The molecule has 0 radical (unpaired) electrons. The smallest absolute Gasteiger partial charge is 0.282 e. The zero-order chi connectivity index (χ0) is 27.8. The summed E-state index contributed by atoms with van der Waals surface area (Å²) in [6, 6.07) is 19.8. The van der Waals surface area contributed by atoms with Gasteiger partial charge in [-0.25, -0.2) is 4.68 Å². The molecule has 2 aromatic heterocycles. The summed E-state index contributed by atoms with van der Waals surface area (Å²) >= 11 is 0. The third-order valence-corrected chi connectivity index (χ3v) is 6.66. The van der Waals surface area contributed by atoms with E-state index in [2.05, 4.69) is 0 Å². The molecule has 196 valence electrons. The highest BCUT2D eigenvalue weighted by atomic mass is 16.5. The lowest BCUT2D eigenvalue weighted by Crippen LogP contribution is -2.34. The molecule has 0 amide bonds. The molecule has 0 saturated carbocycles. The second-order valence-electron chi connectivity index (χ2n) is 8.91. The number of hydrogen-bond donors (Lipinski definition) is 0. The summed E-state index contributed by atoms with van der Waals surface area (Å²) in [6.07, 6.45) is 1.57. The van der Waals surface area contributed by atoms with Gasteiger partial charge in [0.1, 0.15) is 11.5 Å². The van der Waals surface area contributed by atoms with Gasteiger partial charge in [0, 0.05) is 35.2 Å². The number of hydrogen-bond acceptors (Lipinski definition) is 6. The van der Waals surface area contributed by atoms with Crippen molar-refractivity contribution in [3.05, 3.63) is 106 Å². The SMILES string of the molecule is COc1ccc(C(=O)n2c(C)c(-c3cn(C(C)=O)c4ccccc34)c(=O)n2C(=O)c2ccc(OC)cc2)cc1. The highest BCUT2D eigenvalue weighted by molar-refractivity contribution is 6.05. The number of rotatable bonds is 5. The standard InChI is InChI=1S/C30H25N3O6/c1-18-27(25-17-31(19(2)34)26-8-6-5-7-24(25)26)30(37)33(29(36)21-11-15-23(39-4)16-12-21)32(18)28(35)20-9-13-22(38-3)14-10-20/h5-17H,1-4H3. The number of methoxy groups -OCH3 is 2. The van der Waals surface area contributed by atoms with Gasteiger partial charge in [0.05, 0.1) is 31.0 Å². The van der Waals surface area contributed by atoms with Gasteiger partial charge in [-0.05, 0) is 61.5 Å². The number of fused-ring (bicyclic) bond motifs is 1. The van der Waals surface area contributed by atoms with Crippen molar-refractivity contribution in [2.75, 3.05) is 14.2 Å². The average Bonchev–Trinajstić information content (AvgIpc) is 3.46. The van der Waals surface area contributed by atoms with E-state index in [1.165, 1.54) is 37.8 Å². The molecule has 0 N–H and O–H groups in total. The molecule has 9 heteroatoms. The van der Waals surface area contributed by atoms with E-state index in [-0.39, 0.29) is 28.3 Å². The Morgan fingerprint density at radius 2 is 1.23 bits per heavy atom. The zero-order valence-corrected chi connectivity index (χ0v) is 21.8. The van der Waals surface area contributed by atoms with E-state index in [1.807, 2.05) is 0 Å². The molecule has 0 aliphatic heterocycles. The summed E-state index contributed by atoms with van der Waals surface area (Å²) < 4.78 is 13.8. The van der Waals surface area contributed by atoms with Crippen LogP contribution in [-0.2, 0) is 0 Å². The predicted molar refractivity (Wildman–Crippen MR) is 146 cm³/mol. The Hall–Kier alpha value is -5.18. The number of carbonyl (C=O) groups excluding carboxylic acids is 3. The Bertz CT molecular complexity index is 1800. The lowest BCUT2D eigenvalue weighted by molar-refractivity contribution is 0.0842. The molecule has 0 bridgehead atoms. The molecule has 0 spiro atoms. The fourth-order valence-corrected chi connectivity index (χ4v) is 4.69. The van der Waals surface area contributed by atoms with E-state index in [0.717, 1.165) is 9.36 Å². The van der Waals surface area contributed by atoms with Crippen LogP contribution < -0.4 is 15.0 Å². The highest BCUT2D eigenvalue weighted by Gasteiger charge is 2.29. The van der Waals surface area contributed by atoms with Crippen molar-refractivity contribution in [2.24, 2.45) is 0 Å². The van der Waals surface area contributed by atoms with E-state index in [1.54, 1.807) is 73.8 Å². The van der Waals surface area contributed by atoms with Crippen molar-refractivity contribution < 1.29 is 23.9 Å². The first-order valence-corrected chi connectivity index (χ1v) is 12.1. The second-order valence-corrected chi connectivity index (χ2v) is 8.91. The van der Waals surface area contributed by atoms with E-state index in [0.29, 0.717) is 28.0 Å². The first-order valence-electron chi connectivity index (χ1n) is 12.1. The molecule has 5 rings (SSSR count). The number of benzene rings is 3. The lowest BCUT2D eigenvalue weighted by atomic mass is 10.1. The summed E-state index contributed by atoms with van der Waals surface area (Å²) in [5, 5.41) is 0.644. The maximum absolute atomic E-state index is 14.0. The first kappa shape index (κ1) is 25.5. The van der Waals surface area contributed by atoms with Crippen molar-refractivity contribution in [1.29, 1.82) is 0 Å². The number of para-hydroxylation sites is 1. The largest absolute Gasteiger partial charge is 0.497 e. The summed E-state index contributed by atoms with van der Waals surface area (Å²) in [7, 11) is 3.02. The maximum atomic E-state index is 14.0. The topological polar surface area (TPSA) is 102 Å². The van der Waals surface area contributed by atoms with Gasteiger partial charge >= 0.3 is 0 Å². The fourth-order valence-electron chi connectivity index (χ4n) is 4.69. The summed E-state index contributed by atoms with van der Waals surface area (Å²) in [6.45, 7) is 3.03. The van der Waals surface area contributed by atoms with Gasteiger partial charge < -0.3 is 9.47 Å². The minimum Gasteiger partial charge on any atom is -0.497 e. The van der Waals surface area contributed by atoms with Crippen LogP contribution in [0, 0.1) is 6.92 Å². The van der Waals surface area contributed by atoms with Crippen LogP contribution in [0.15, 0.2) is 83.8 Å². The maximum Gasteiger partial charge on any atom is 0.282 e. The summed E-state index contributed by atoms with van der Waals surface area (Å²) in [5.74, 6) is -0.402. The van der Waals surface area contributed by atoms with Crippen molar-refractivity contribution in [2.45, 2.75) is 13.8 Å². The molecule has 0 aliphatic rings. The van der Waals surface area contributed by atoms with Gasteiger partial charge in [-0.15, -0.1) is 0 Å². The molecule has 39 heavy (non-hydrogen) atoms. The van der Waals surface area contributed by atoms with Crippen molar-refractivity contribution in [3.8, 4) is 22.6 Å². The Balaban J connectivity index is 1.78. The number of ether oxygens (including phenoxy) is 2. The molecular weight excluding hydrogens is 498 g/mol. The number of carbonyl (C=O) groups is 3. The van der Waals surface area contributed by atoms with E-state index >= 15 is 0 Å². The third kappa shape index (κ3) is 4.23. The second kappa shape index (κ2) is 9.94. The number of nitrogens with zero attached hydrogens (tertiary/aromatic N) is 3. The molecule has 0 aliphatic carbocycles. The van der Waals surface area contributed by atoms with E-state index in [9.17, 15) is 19.2 Å². The van der Waals surface area contributed by atoms with Gasteiger partial charge in [-0.2, -0.15) is 4.68 Å². The van der Waals surface area contributed by atoms with Crippen LogP contribution in [0.4, 0.5) is 0 Å². The van der Waals surface area contributed by atoms with E-state index in [4.69, 9.17) is 9.47 Å². The Morgan fingerprint density at radius 3 is 1.74 bits per heavy atom. The van der Waals surface area contributed by atoms with Crippen molar-refractivity contribution >= 4 is 28.6 Å². The van der Waals surface area contributed by atoms with Crippen LogP contribution in [0.3, 0.4) is 0 Å². The molecule has 3 aromatic carbocycles. The van der Waals surface area contributed by atoms with Crippen LogP contribution >= 0.6 is 0 Å². The van der Waals surface area contributed by atoms with Crippen LogP contribution in [0.2, 0.25) is 0 Å². The van der Waals surface area contributed by atoms with Crippen LogP contribution in [0.25, 0.3) is 22.0 Å². The summed E-state index contributed by atoms with van der Waals surface area (Å²) in [4.78, 5) is 54.0. The summed E-state index contributed by atoms with van der Waals surface area (Å²) in [5.41, 5.74) is 1.23. The molecular formula is C30H25N3O6. The molecule has 2 heterocycles. The Labute approximate surface area is 223 Å². The lowest BCUT2D eigenvalue weighted by Gasteiger charge is -2.12. The molecule has 0 unspecified atom stereocenters. The van der Waals surface area contributed by atoms with Gasteiger partial charge in [0.2, 0.25) is 5.91 Å². The first-order chi connectivity index (χ1) is 18.8. The number of aromatic nitrogens is 3. The molecule has 0 saturated heterocycles. The molecule has 5 aromatic rings. The minimum atomic E-state index is -0.686. The zero-order valence-electron chi connectivity index (χ0n) is 21.8. The van der Waals surface area contributed by atoms with Crippen LogP contribution in [0.5, 0.6) is 11.5 Å². The Morgan fingerprint density at radius 1 is 0.718 bits per heavy atom.